The van der Waals surface area contributed by atoms with Gasteiger partial charge in [-0.1, -0.05) is 39.0 Å². The first-order chi connectivity index (χ1) is 5.61. The number of hydrogen-bond acceptors (Lipinski definition) is 1. The van der Waals surface area contributed by atoms with Gasteiger partial charge in [-0.3, -0.25) is 0 Å². The van der Waals surface area contributed by atoms with E-state index in [1.54, 1.807) is 0 Å². The number of rotatable bonds is 1. The Morgan fingerprint density at radius 2 is 2.17 bits per heavy atom. The summed E-state index contributed by atoms with van der Waals surface area (Å²) in [5.74, 6) is 1.95. The van der Waals surface area contributed by atoms with Crippen LogP contribution >= 0.6 is 0 Å². The fourth-order valence-corrected chi connectivity index (χ4v) is 1.88. The van der Waals surface area contributed by atoms with Crippen LogP contribution in [0.3, 0.4) is 0 Å². The molecular weight excluding hydrogens is 146 g/mol. The van der Waals surface area contributed by atoms with E-state index >= 15 is 0 Å². The molecule has 68 valence electrons. The second-order valence-electron chi connectivity index (χ2n) is 4.05. The van der Waals surface area contributed by atoms with E-state index in [1.165, 1.54) is 0 Å². The summed E-state index contributed by atoms with van der Waals surface area (Å²) in [6.45, 7) is 6.77. The highest BCUT2D eigenvalue weighted by molar-refractivity contribution is 5.12. The second-order valence-corrected chi connectivity index (χ2v) is 4.05. The molecule has 0 amide bonds. The van der Waals surface area contributed by atoms with E-state index < -0.39 is 0 Å². The Bertz CT molecular complexity index is 201. The van der Waals surface area contributed by atoms with Gasteiger partial charge < -0.3 is 5.73 Å². The molecule has 0 radical (unpaired) electrons. The molecule has 0 aliphatic heterocycles. The maximum Gasteiger partial charge on any atom is 0.00812 e. The molecule has 0 bridgehead atoms. The van der Waals surface area contributed by atoms with Crippen LogP contribution in [0.5, 0.6) is 0 Å². The molecule has 1 heteroatoms. The minimum Gasteiger partial charge on any atom is -0.402 e. The van der Waals surface area contributed by atoms with Crippen LogP contribution in [0.2, 0.25) is 0 Å². The third-order valence-corrected chi connectivity index (χ3v) is 2.57. The maximum absolute atomic E-state index is 5.80. The first-order valence-electron chi connectivity index (χ1n) is 4.74. The van der Waals surface area contributed by atoms with Gasteiger partial charge in [0.15, 0.2) is 0 Å². The highest BCUT2D eigenvalue weighted by atomic mass is 14.6. The summed E-state index contributed by atoms with van der Waals surface area (Å²) in [6.07, 6.45) is 7.63. The molecule has 1 aliphatic carbocycles. The number of hydrogen-bond donors (Lipinski definition) is 1. The Labute approximate surface area is 75.3 Å². The van der Waals surface area contributed by atoms with E-state index in [0.717, 1.165) is 12.1 Å². The van der Waals surface area contributed by atoms with Gasteiger partial charge in [0, 0.05) is 12.1 Å². The van der Waals surface area contributed by atoms with Crippen molar-refractivity contribution in [3.05, 3.63) is 23.9 Å². The molecule has 0 aromatic rings. The van der Waals surface area contributed by atoms with Crippen molar-refractivity contribution >= 4 is 0 Å². The zero-order valence-electron chi connectivity index (χ0n) is 8.25. The van der Waals surface area contributed by atoms with Crippen LogP contribution in [0.15, 0.2) is 23.9 Å². The van der Waals surface area contributed by atoms with E-state index in [4.69, 9.17) is 5.73 Å². The molecule has 0 spiro atoms. The van der Waals surface area contributed by atoms with Crippen molar-refractivity contribution in [1.29, 1.82) is 0 Å². The summed E-state index contributed by atoms with van der Waals surface area (Å²) in [4.78, 5) is 0. The lowest BCUT2D eigenvalue weighted by Crippen LogP contribution is -2.13. The van der Waals surface area contributed by atoms with Crippen LogP contribution in [0.1, 0.15) is 27.2 Å². The molecule has 1 aliphatic rings. The summed E-state index contributed by atoms with van der Waals surface area (Å²) >= 11 is 0. The Morgan fingerprint density at radius 3 is 2.75 bits per heavy atom. The third kappa shape index (κ3) is 2.13. The van der Waals surface area contributed by atoms with Crippen LogP contribution in [-0.4, -0.2) is 0 Å². The molecule has 0 saturated carbocycles. The zero-order valence-corrected chi connectivity index (χ0v) is 8.25. The average Bonchev–Trinajstić information content (AvgIpc) is 2.10. The average molecular weight is 165 g/mol. The Morgan fingerprint density at radius 1 is 1.50 bits per heavy atom. The van der Waals surface area contributed by atoms with Crippen molar-refractivity contribution in [2.75, 3.05) is 0 Å². The van der Waals surface area contributed by atoms with Crippen LogP contribution < -0.4 is 5.73 Å². The topological polar surface area (TPSA) is 26.0 Å². The molecule has 0 saturated heterocycles. The fourth-order valence-electron chi connectivity index (χ4n) is 1.88. The van der Waals surface area contributed by atoms with Crippen LogP contribution in [-0.2, 0) is 0 Å². The van der Waals surface area contributed by atoms with E-state index in [-0.39, 0.29) is 0 Å². The minimum absolute atomic E-state index is 0.587. The Balaban J connectivity index is 2.77. The number of allylic oxidation sites excluding steroid dienone is 3. The van der Waals surface area contributed by atoms with Crippen molar-refractivity contribution in [3.8, 4) is 0 Å². The van der Waals surface area contributed by atoms with Crippen molar-refractivity contribution in [2.24, 2.45) is 23.5 Å². The number of nitrogens with two attached hydrogens (primary N) is 1. The summed E-state index contributed by atoms with van der Waals surface area (Å²) < 4.78 is 0. The Kier molecular flexibility index (Phi) is 2.96. The molecule has 2 unspecified atom stereocenters. The van der Waals surface area contributed by atoms with E-state index in [9.17, 15) is 0 Å². The maximum atomic E-state index is 5.80. The fraction of sp³-hybridized carbons (Fsp3) is 0.636. The van der Waals surface area contributed by atoms with Crippen molar-refractivity contribution in [3.63, 3.8) is 0 Å². The summed E-state index contributed by atoms with van der Waals surface area (Å²) in [5, 5.41) is 0. The van der Waals surface area contributed by atoms with Crippen molar-refractivity contribution in [1.82, 2.24) is 0 Å². The smallest absolute Gasteiger partial charge is 0.00812 e. The largest absolute Gasteiger partial charge is 0.402 e. The van der Waals surface area contributed by atoms with Gasteiger partial charge in [-0.15, -0.1) is 0 Å². The van der Waals surface area contributed by atoms with Gasteiger partial charge in [-0.2, -0.15) is 0 Å². The third-order valence-electron chi connectivity index (χ3n) is 2.57. The first kappa shape index (κ1) is 9.37. The molecule has 2 N–H and O–H groups in total. The lowest BCUT2D eigenvalue weighted by molar-refractivity contribution is 0.385. The Hall–Kier alpha value is -0.720. The van der Waals surface area contributed by atoms with E-state index in [1.807, 2.05) is 0 Å². The summed E-state index contributed by atoms with van der Waals surface area (Å²) in [5.41, 5.74) is 6.81. The molecule has 0 heterocycles. The van der Waals surface area contributed by atoms with Crippen molar-refractivity contribution in [2.45, 2.75) is 27.2 Å². The standard InChI is InChI=1S/C11H19N/c1-8(2)11-6-4-5-10(12)7-9(11)3/h4,6-9,11H,5,12H2,1-3H3. The van der Waals surface area contributed by atoms with Gasteiger partial charge in [0.05, 0.1) is 0 Å². The SMILES string of the molecule is CC(C)C1C=CCC(N)=CC1C. The van der Waals surface area contributed by atoms with E-state index in [0.29, 0.717) is 17.8 Å². The predicted molar refractivity (Wildman–Crippen MR) is 53.5 cm³/mol. The summed E-state index contributed by atoms with van der Waals surface area (Å²) in [6, 6.07) is 0. The monoisotopic (exact) mass is 165 g/mol. The summed E-state index contributed by atoms with van der Waals surface area (Å²) in [7, 11) is 0. The molecule has 2 atom stereocenters. The molecule has 12 heavy (non-hydrogen) atoms. The lowest BCUT2D eigenvalue weighted by atomic mass is 9.85. The van der Waals surface area contributed by atoms with Crippen LogP contribution in [0.4, 0.5) is 0 Å². The lowest BCUT2D eigenvalue weighted by Gasteiger charge is -2.20. The molecular formula is C11H19N. The van der Waals surface area contributed by atoms with Gasteiger partial charge in [-0.25, -0.2) is 0 Å². The molecule has 1 rings (SSSR count). The molecule has 0 aromatic carbocycles. The molecule has 0 fully saturated rings. The minimum atomic E-state index is 0.587. The molecule has 0 aromatic heterocycles. The quantitative estimate of drug-likeness (QED) is 0.594. The zero-order chi connectivity index (χ0) is 9.14. The van der Waals surface area contributed by atoms with Gasteiger partial charge in [0.1, 0.15) is 0 Å². The van der Waals surface area contributed by atoms with Gasteiger partial charge >= 0.3 is 0 Å². The van der Waals surface area contributed by atoms with E-state index in [2.05, 4.69) is 39.0 Å². The highest BCUT2D eigenvalue weighted by Gasteiger charge is 2.17. The van der Waals surface area contributed by atoms with Crippen molar-refractivity contribution < 1.29 is 0 Å². The predicted octanol–water partition coefficient (Wildman–Crippen LogP) is 2.70. The van der Waals surface area contributed by atoms with Gasteiger partial charge in [0.25, 0.3) is 0 Å². The van der Waals surface area contributed by atoms with Crippen LogP contribution in [0, 0.1) is 17.8 Å². The highest BCUT2D eigenvalue weighted by Crippen LogP contribution is 2.26. The van der Waals surface area contributed by atoms with Gasteiger partial charge in [0.2, 0.25) is 0 Å². The normalized spacial score (nSPS) is 30.2. The van der Waals surface area contributed by atoms with Crippen LogP contribution in [0.25, 0.3) is 0 Å². The first-order valence-corrected chi connectivity index (χ1v) is 4.74. The van der Waals surface area contributed by atoms with Gasteiger partial charge in [-0.05, 0) is 17.8 Å². The second kappa shape index (κ2) is 3.79. The molecule has 1 nitrogen and oxygen atoms in total.